The first-order valence-corrected chi connectivity index (χ1v) is 11.2. The van der Waals surface area contributed by atoms with Crippen LogP contribution in [0.2, 0.25) is 0 Å². The zero-order valence-electron chi connectivity index (χ0n) is 18.0. The summed E-state index contributed by atoms with van der Waals surface area (Å²) in [5.41, 5.74) is 7.24. The standard InChI is InChI=1S/C30H24N2/c1-2-32-29-10-6-5-9-27(29)28-20-26(17-18-30(28)32)31-25-15-13-22(14-16-25)24-12-11-21-7-3-4-8-23(21)19-24/h3-20,31H,2H2,1H3. The lowest BCUT2D eigenvalue weighted by atomic mass is 10.0. The van der Waals surface area contributed by atoms with Crippen LogP contribution in [-0.4, -0.2) is 4.57 Å². The predicted molar refractivity (Wildman–Crippen MR) is 138 cm³/mol. The van der Waals surface area contributed by atoms with Crippen molar-refractivity contribution in [3.63, 3.8) is 0 Å². The molecule has 1 aromatic heterocycles. The molecule has 0 unspecified atom stereocenters. The number of hydrogen-bond donors (Lipinski definition) is 1. The number of aryl methyl sites for hydroxylation is 1. The Labute approximate surface area is 187 Å². The van der Waals surface area contributed by atoms with Gasteiger partial charge in [0.2, 0.25) is 0 Å². The van der Waals surface area contributed by atoms with E-state index in [9.17, 15) is 0 Å². The molecule has 0 amide bonds. The molecule has 2 heteroatoms. The molecule has 2 nitrogen and oxygen atoms in total. The fourth-order valence-corrected chi connectivity index (χ4v) is 4.75. The molecule has 0 bridgehead atoms. The maximum Gasteiger partial charge on any atom is 0.0492 e. The fourth-order valence-electron chi connectivity index (χ4n) is 4.75. The third-order valence-electron chi connectivity index (χ3n) is 6.34. The molecule has 0 atom stereocenters. The van der Waals surface area contributed by atoms with Crippen LogP contribution in [0.25, 0.3) is 43.7 Å². The van der Waals surface area contributed by atoms with E-state index in [-0.39, 0.29) is 0 Å². The van der Waals surface area contributed by atoms with Crippen molar-refractivity contribution in [2.24, 2.45) is 0 Å². The van der Waals surface area contributed by atoms with Gasteiger partial charge in [0.25, 0.3) is 0 Å². The summed E-state index contributed by atoms with van der Waals surface area (Å²) in [5.74, 6) is 0. The topological polar surface area (TPSA) is 17.0 Å². The summed E-state index contributed by atoms with van der Waals surface area (Å²) >= 11 is 0. The number of benzene rings is 5. The van der Waals surface area contributed by atoms with Crippen molar-refractivity contribution >= 4 is 44.0 Å². The molecule has 0 aliphatic rings. The smallest absolute Gasteiger partial charge is 0.0492 e. The van der Waals surface area contributed by atoms with Crippen LogP contribution in [0, 0.1) is 0 Å². The minimum Gasteiger partial charge on any atom is -0.356 e. The monoisotopic (exact) mass is 412 g/mol. The molecule has 1 heterocycles. The summed E-state index contributed by atoms with van der Waals surface area (Å²) in [7, 11) is 0. The first-order chi connectivity index (χ1) is 15.8. The van der Waals surface area contributed by atoms with Gasteiger partial charge in [-0.1, -0.05) is 66.7 Å². The van der Waals surface area contributed by atoms with Crippen LogP contribution in [0.3, 0.4) is 0 Å². The van der Waals surface area contributed by atoms with Gasteiger partial charge in [-0.3, -0.25) is 0 Å². The number of para-hydroxylation sites is 1. The second kappa shape index (κ2) is 7.58. The Morgan fingerprint density at radius 3 is 2.09 bits per heavy atom. The Balaban J connectivity index is 1.32. The van der Waals surface area contributed by atoms with Gasteiger partial charge in [-0.25, -0.2) is 0 Å². The van der Waals surface area contributed by atoms with Crippen LogP contribution in [0.15, 0.2) is 109 Å². The van der Waals surface area contributed by atoms with E-state index in [1.807, 2.05) is 0 Å². The lowest BCUT2D eigenvalue weighted by molar-refractivity contribution is 0.827. The highest BCUT2D eigenvalue weighted by Crippen LogP contribution is 2.32. The number of anilines is 2. The van der Waals surface area contributed by atoms with Crippen molar-refractivity contribution in [1.29, 1.82) is 0 Å². The summed E-state index contributed by atoms with van der Waals surface area (Å²) in [6.45, 7) is 3.17. The van der Waals surface area contributed by atoms with Crippen LogP contribution in [0.4, 0.5) is 11.4 Å². The van der Waals surface area contributed by atoms with Gasteiger partial charge in [0.15, 0.2) is 0 Å². The Morgan fingerprint density at radius 1 is 0.562 bits per heavy atom. The van der Waals surface area contributed by atoms with Gasteiger partial charge in [-0.15, -0.1) is 0 Å². The van der Waals surface area contributed by atoms with E-state index in [1.165, 1.54) is 43.7 Å². The maximum absolute atomic E-state index is 3.59. The zero-order valence-corrected chi connectivity index (χ0v) is 18.0. The molecule has 6 aromatic rings. The normalized spacial score (nSPS) is 11.4. The van der Waals surface area contributed by atoms with Crippen LogP contribution in [0.1, 0.15) is 6.92 Å². The average Bonchev–Trinajstić information content (AvgIpc) is 3.17. The number of hydrogen-bond acceptors (Lipinski definition) is 1. The van der Waals surface area contributed by atoms with Crippen LogP contribution in [0.5, 0.6) is 0 Å². The Hall–Kier alpha value is -4.04. The van der Waals surface area contributed by atoms with E-state index in [4.69, 9.17) is 0 Å². The first-order valence-electron chi connectivity index (χ1n) is 11.2. The molecule has 0 aliphatic carbocycles. The summed E-state index contributed by atoms with van der Waals surface area (Å²) < 4.78 is 2.38. The van der Waals surface area contributed by atoms with Crippen molar-refractivity contribution in [3.05, 3.63) is 109 Å². The summed E-state index contributed by atoms with van der Waals surface area (Å²) in [6, 6.07) is 39.2. The largest absolute Gasteiger partial charge is 0.356 e. The molecule has 32 heavy (non-hydrogen) atoms. The van der Waals surface area contributed by atoms with Gasteiger partial charge < -0.3 is 9.88 Å². The summed E-state index contributed by atoms with van der Waals surface area (Å²) in [6.07, 6.45) is 0. The summed E-state index contributed by atoms with van der Waals surface area (Å²) in [5, 5.41) is 8.73. The Bertz CT molecular complexity index is 1570. The van der Waals surface area contributed by atoms with Gasteiger partial charge in [-0.05, 0) is 71.3 Å². The number of aromatic nitrogens is 1. The number of fused-ring (bicyclic) bond motifs is 4. The van der Waals surface area contributed by atoms with Gasteiger partial charge in [0.1, 0.15) is 0 Å². The van der Waals surface area contributed by atoms with Crippen LogP contribution >= 0.6 is 0 Å². The molecule has 1 N–H and O–H groups in total. The number of nitrogens with zero attached hydrogens (tertiary/aromatic N) is 1. The number of nitrogens with one attached hydrogen (secondary N) is 1. The highest BCUT2D eigenvalue weighted by atomic mass is 15.0. The van der Waals surface area contributed by atoms with Crippen molar-refractivity contribution in [1.82, 2.24) is 4.57 Å². The maximum atomic E-state index is 3.59. The molecule has 0 aliphatic heterocycles. The van der Waals surface area contributed by atoms with Gasteiger partial charge >= 0.3 is 0 Å². The van der Waals surface area contributed by atoms with Crippen molar-refractivity contribution in [2.75, 3.05) is 5.32 Å². The lowest BCUT2D eigenvalue weighted by Gasteiger charge is -2.09. The average molecular weight is 413 g/mol. The van der Waals surface area contributed by atoms with E-state index < -0.39 is 0 Å². The minimum atomic E-state index is 0.965. The number of rotatable bonds is 4. The second-order valence-corrected chi connectivity index (χ2v) is 8.26. The molecular weight excluding hydrogens is 388 g/mol. The third-order valence-corrected chi connectivity index (χ3v) is 6.34. The van der Waals surface area contributed by atoms with Crippen molar-refractivity contribution < 1.29 is 0 Å². The predicted octanol–water partition coefficient (Wildman–Crippen LogP) is 8.38. The molecule has 6 rings (SSSR count). The summed E-state index contributed by atoms with van der Waals surface area (Å²) in [4.78, 5) is 0. The molecule has 0 fully saturated rings. The molecule has 5 aromatic carbocycles. The van der Waals surface area contributed by atoms with E-state index in [2.05, 4.69) is 126 Å². The molecule has 154 valence electrons. The molecule has 0 spiro atoms. The van der Waals surface area contributed by atoms with Gasteiger partial charge in [0.05, 0.1) is 0 Å². The highest BCUT2D eigenvalue weighted by Gasteiger charge is 2.10. The van der Waals surface area contributed by atoms with Gasteiger partial charge in [0, 0.05) is 39.7 Å². The third kappa shape index (κ3) is 3.12. The first kappa shape index (κ1) is 18.7. The Morgan fingerprint density at radius 2 is 1.25 bits per heavy atom. The van der Waals surface area contributed by atoms with Crippen molar-refractivity contribution in [2.45, 2.75) is 13.5 Å². The van der Waals surface area contributed by atoms with Gasteiger partial charge in [-0.2, -0.15) is 0 Å². The van der Waals surface area contributed by atoms with Crippen molar-refractivity contribution in [3.8, 4) is 11.1 Å². The van der Waals surface area contributed by atoms with E-state index in [1.54, 1.807) is 0 Å². The Kier molecular flexibility index (Phi) is 4.43. The quantitative estimate of drug-likeness (QED) is 0.308. The molecular formula is C30H24N2. The minimum absolute atomic E-state index is 0.965. The van der Waals surface area contributed by atoms with Crippen LogP contribution < -0.4 is 5.32 Å². The van der Waals surface area contributed by atoms with E-state index >= 15 is 0 Å². The zero-order chi connectivity index (χ0) is 21.5. The van der Waals surface area contributed by atoms with Crippen LogP contribution in [-0.2, 0) is 6.54 Å². The SMILES string of the molecule is CCn1c2ccccc2c2cc(Nc3ccc(-c4ccc5ccccc5c4)cc3)ccc21. The molecule has 0 radical (unpaired) electrons. The second-order valence-electron chi connectivity index (χ2n) is 8.26. The fraction of sp³-hybridized carbons (Fsp3) is 0.0667. The molecule has 0 saturated carbocycles. The lowest BCUT2D eigenvalue weighted by Crippen LogP contribution is -1.93. The molecule has 0 saturated heterocycles. The van der Waals surface area contributed by atoms with E-state index in [0.29, 0.717) is 0 Å². The highest BCUT2D eigenvalue weighted by molar-refractivity contribution is 6.09. The van der Waals surface area contributed by atoms with E-state index in [0.717, 1.165) is 17.9 Å².